The molecule has 4 aromatic rings. The molecule has 31 heavy (non-hydrogen) atoms. The third kappa shape index (κ3) is 3.59. The number of benzene rings is 2. The molecule has 0 bridgehead atoms. The van der Waals surface area contributed by atoms with Crippen molar-refractivity contribution in [2.45, 2.75) is 19.3 Å². The van der Waals surface area contributed by atoms with E-state index >= 15 is 0 Å². The molecule has 154 valence electrons. The normalized spacial score (nSPS) is 11.3. The summed E-state index contributed by atoms with van der Waals surface area (Å²) >= 11 is 0. The third-order valence-electron chi connectivity index (χ3n) is 5.01. The summed E-state index contributed by atoms with van der Waals surface area (Å²) < 4.78 is 29.1. The van der Waals surface area contributed by atoms with Gasteiger partial charge in [0.1, 0.15) is 11.5 Å². The molecule has 0 saturated carbocycles. The third-order valence-corrected chi connectivity index (χ3v) is 5.01. The first-order chi connectivity index (χ1) is 14.8. The monoisotopic (exact) mass is 417 g/mol. The molecule has 0 saturated heterocycles. The van der Waals surface area contributed by atoms with Gasteiger partial charge in [-0.3, -0.25) is 0 Å². The number of pyridine rings is 1. The number of aromatic nitrogens is 5. The molecule has 2 heterocycles. The molecule has 0 radical (unpaired) electrons. The van der Waals surface area contributed by atoms with Gasteiger partial charge in [0.15, 0.2) is 17.5 Å². The van der Waals surface area contributed by atoms with Gasteiger partial charge in [0.2, 0.25) is 0 Å². The van der Waals surface area contributed by atoms with Crippen LogP contribution in [0.15, 0.2) is 54.7 Å². The summed E-state index contributed by atoms with van der Waals surface area (Å²) in [5, 5.41) is 20.6. The van der Waals surface area contributed by atoms with Crippen molar-refractivity contribution in [3.63, 3.8) is 0 Å². The number of nitriles is 1. The molecule has 7 nitrogen and oxygen atoms in total. The zero-order valence-electron chi connectivity index (χ0n) is 16.7. The van der Waals surface area contributed by atoms with Crippen molar-refractivity contribution in [1.29, 1.82) is 5.26 Å². The Labute approximate surface area is 176 Å². The molecule has 0 aliphatic heterocycles. The molecule has 0 atom stereocenters. The molecule has 2 N–H and O–H groups in total. The van der Waals surface area contributed by atoms with Crippen LogP contribution in [0.1, 0.15) is 19.4 Å². The summed E-state index contributed by atoms with van der Waals surface area (Å²) in [6, 6.07) is 15.2. The first-order valence-corrected chi connectivity index (χ1v) is 9.32. The summed E-state index contributed by atoms with van der Waals surface area (Å²) in [6.45, 7) is 3.69. The highest BCUT2D eigenvalue weighted by Gasteiger charge is 2.21. The molecule has 0 aliphatic carbocycles. The number of anilines is 1. The van der Waals surface area contributed by atoms with Crippen LogP contribution in [0.2, 0.25) is 0 Å². The molecule has 4 rings (SSSR count). The number of halogens is 2. The second-order valence-corrected chi connectivity index (χ2v) is 7.46. The largest absolute Gasteiger partial charge is 0.383 e. The number of nitrogens with two attached hydrogens (primary N) is 1. The second-order valence-electron chi connectivity index (χ2n) is 7.46. The van der Waals surface area contributed by atoms with Crippen molar-refractivity contribution in [3.8, 4) is 34.3 Å². The lowest BCUT2D eigenvalue weighted by molar-refractivity contribution is 0.501. The topological polar surface area (TPSA) is 106 Å². The Kier molecular flexibility index (Phi) is 4.91. The maximum absolute atomic E-state index is 14.3. The molecule has 0 aliphatic rings. The summed E-state index contributed by atoms with van der Waals surface area (Å²) in [4.78, 5) is 4.22. The number of nitrogens with zero attached hydrogens (tertiary/aromatic N) is 6. The van der Waals surface area contributed by atoms with E-state index < -0.39 is 17.0 Å². The van der Waals surface area contributed by atoms with Crippen LogP contribution in [-0.2, 0) is 5.41 Å². The molecule has 0 amide bonds. The molecule has 9 heteroatoms. The summed E-state index contributed by atoms with van der Waals surface area (Å²) in [7, 11) is 0. The van der Waals surface area contributed by atoms with E-state index in [1.807, 2.05) is 38.1 Å². The minimum Gasteiger partial charge on any atom is -0.383 e. The predicted octanol–water partition coefficient (Wildman–Crippen LogP) is 4.05. The van der Waals surface area contributed by atoms with Crippen molar-refractivity contribution < 1.29 is 8.78 Å². The molecule has 0 unspecified atom stereocenters. The Balaban J connectivity index is 1.78. The highest BCUT2D eigenvalue weighted by Crippen LogP contribution is 2.31. The lowest BCUT2D eigenvalue weighted by atomic mass is 9.85. The van der Waals surface area contributed by atoms with Gasteiger partial charge < -0.3 is 5.73 Å². The molecular weight excluding hydrogens is 400 g/mol. The van der Waals surface area contributed by atoms with Gasteiger partial charge in [0.05, 0.1) is 17.0 Å². The van der Waals surface area contributed by atoms with Crippen LogP contribution in [0, 0.1) is 23.0 Å². The number of hydrogen-bond acceptors (Lipinski definition) is 6. The predicted molar refractivity (Wildman–Crippen MR) is 111 cm³/mol. The van der Waals surface area contributed by atoms with Gasteiger partial charge in [-0.2, -0.15) is 9.94 Å². The van der Waals surface area contributed by atoms with Crippen LogP contribution in [0.5, 0.6) is 0 Å². The highest BCUT2D eigenvalue weighted by atomic mass is 19.2. The Hall–Kier alpha value is -4.19. The van der Waals surface area contributed by atoms with Crippen LogP contribution in [0.4, 0.5) is 14.6 Å². The van der Waals surface area contributed by atoms with E-state index in [9.17, 15) is 14.0 Å². The fourth-order valence-electron chi connectivity index (χ4n) is 3.13. The van der Waals surface area contributed by atoms with Crippen LogP contribution in [0.3, 0.4) is 0 Å². The number of rotatable bonds is 4. The van der Waals surface area contributed by atoms with E-state index in [4.69, 9.17) is 5.73 Å². The molecule has 0 spiro atoms. The van der Waals surface area contributed by atoms with E-state index in [1.54, 1.807) is 12.3 Å². The summed E-state index contributed by atoms with van der Waals surface area (Å²) in [5.74, 6) is -1.83. The van der Waals surface area contributed by atoms with Gasteiger partial charge in [0.25, 0.3) is 0 Å². The van der Waals surface area contributed by atoms with E-state index in [1.165, 1.54) is 12.1 Å². The fourth-order valence-corrected chi connectivity index (χ4v) is 3.13. The fraction of sp³-hybridized carbons (Fsp3) is 0.136. The quantitative estimate of drug-likeness (QED) is 0.537. The summed E-state index contributed by atoms with van der Waals surface area (Å²) in [6.07, 6.45) is 1.60. The van der Waals surface area contributed by atoms with Crippen molar-refractivity contribution in [2.24, 2.45) is 0 Å². The van der Waals surface area contributed by atoms with E-state index in [0.29, 0.717) is 5.56 Å². The van der Waals surface area contributed by atoms with E-state index in [0.717, 1.165) is 27.4 Å². The Morgan fingerprint density at radius 1 is 1.06 bits per heavy atom. The minimum absolute atomic E-state index is 0.124. The lowest BCUT2D eigenvalue weighted by Crippen LogP contribution is -2.13. The molecule has 2 aromatic heterocycles. The van der Waals surface area contributed by atoms with Gasteiger partial charge in [0, 0.05) is 11.8 Å². The van der Waals surface area contributed by atoms with Gasteiger partial charge in [-0.05, 0) is 53.6 Å². The van der Waals surface area contributed by atoms with Crippen molar-refractivity contribution in [3.05, 3.63) is 71.9 Å². The number of hydrogen-bond donors (Lipinski definition) is 1. The average molecular weight is 417 g/mol. The Bertz CT molecular complexity index is 1300. The highest BCUT2D eigenvalue weighted by molar-refractivity contribution is 5.76. The van der Waals surface area contributed by atoms with E-state index in [2.05, 4.69) is 26.6 Å². The average Bonchev–Trinajstić information content (AvgIpc) is 3.25. The van der Waals surface area contributed by atoms with Crippen molar-refractivity contribution in [2.75, 3.05) is 5.73 Å². The number of tetrazole rings is 1. The Morgan fingerprint density at radius 2 is 1.81 bits per heavy atom. The standard InChI is InChI=1S/C22H17F2N7/c1-22(2,12-25)15-8-6-13(7-9-15)14-10-16(20(26)27-11-14)21-28-29-30-31(21)18-5-3-4-17(23)19(18)24/h3-11H,1-2H3,(H2,26,27). The number of nitrogen functional groups attached to an aromatic ring is 1. The van der Waals surface area contributed by atoms with Crippen LogP contribution < -0.4 is 5.73 Å². The SMILES string of the molecule is CC(C)(C#N)c1ccc(-c2cnc(N)c(-c3nnnn3-c3cccc(F)c3F)c2)cc1. The van der Waals surface area contributed by atoms with Gasteiger partial charge >= 0.3 is 0 Å². The van der Waals surface area contributed by atoms with Crippen molar-refractivity contribution >= 4 is 5.82 Å². The smallest absolute Gasteiger partial charge is 0.190 e. The van der Waals surface area contributed by atoms with Crippen LogP contribution in [0.25, 0.3) is 28.2 Å². The van der Waals surface area contributed by atoms with Gasteiger partial charge in [-0.15, -0.1) is 5.10 Å². The van der Waals surface area contributed by atoms with Gasteiger partial charge in [-0.25, -0.2) is 13.8 Å². The molecule has 2 aromatic carbocycles. The van der Waals surface area contributed by atoms with Gasteiger partial charge in [-0.1, -0.05) is 30.3 Å². The summed E-state index contributed by atoms with van der Waals surface area (Å²) in [5.41, 5.74) is 8.10. The lowest BCUT2D eigenvalue weighted by Gasteiger charge is -2.16. The first kappa shape index (κ1) is 20.1. The first-order valence-electron chi connectivity index (χ1n) is 9.32. The van der Waals surface area contributed by atoms with E-state index in [-0.39, 0.29) is 17.3 Å². The molecule has 0 fully saturated rings. The maximum Gasteiger partial charge on any atom is 0.190 e. The maximum atomic E-state index is 14.3. The zero-order chi connectivity index (χ0) is 22.2. The zero-order valence-corrected chi connectivity index (χ0v) is 16.7. The van der Waals surface area contributed by atoms with Crippen LogP contribution in [-0.4, -0.2) is 25.2 Å². The Morgan fingerprint density at radius 3 is 2.52 bits per heavy atom. The van der Waals surface area contributed by atoms with Crippen molar-refractivity contribution in [1.82, 2.24) is 25.2 Å². The minimum atomic E-state index is -1.07. The van der Waals surface area contributed by atoms with Crippen LogP contribution >= 0.6 is 0 Å². The second kappa shape index (κ2) is 7.57. The molecular formula is C22H17F2N7.